The molecule has 3 aromatic rings. The first-order chi connectivity index (χ1) is 14.7. The quantitative estimate of drug-likeness (QED) is 0.634. The van der Waals surface area contributed by atoms with E-state index in [0.29, 0.717) is 17.9 Å². The highest BCUT2D eigenvalue weighted by Crippen LogP contribution is 2.30. The molecule has 3 rings (SSSR count). The van der Waals surface area contributed by atoms with Gasteiger partial charge in [0.15, 0.2) is 0 Å². The van der Waals surface area contributed by atoms with Crippen molar-refractivity contribution in [2.75, 3.05) is 17.3 Å². The molecule has 6 nitrogen and oxygen atoms in total. The van der Waals surface area contributed by atoms with Crippen molar-refractivity contribution >= 4 is 23.3 Å². The van der Waals surface area contributed by atoms with E-state index in [2.05, 4.69) is 15.3 Å². The summed E-state index contributed by atoms with van der Waals surface area (Å²) in [6, 6.07) is 12.8. The number of halogens is 3. The number of benzene rings is 2. The lowest BCUT2D eigenvalue weighted by Crippen LogP contribution is -2.26. The number of hydrogen-bond acceptors (Lipinski definition) is 4. The normalized spacial score (nSPS) is 11.1. The molecule has 0 saturated carbocycles. The van der Waals surface area contributed by atoms with Crippen LogP contribution < -0.4 is 10.2 Å². The summed E-state index contributed by atoms with van der Waals surface area (Å²) in [5.41, 5.74) is 0.373. The number of nitrogens with zero attached hydrogens (tertiary/aromatic N) is 3. The standard InChI is InChI=1S/C22H19F3N4O2/c1-29(21(31)16-5-3-6-17(13-16)22(23,24)25)18-7-2-4-15(12-18)8-9-20(30)28-19-10-11-26-14-27-19/h2-7,10-14H,8-9H2,1H3,(H,26,27,28,30). The van der Waals surface area contributed by atoms with E-state index in [1.807, 2.05) is 6.07 Å². The van der Waals surface area contributed by atoms with Gasteiger partial charge in [0.2, 0.25) is 5.91 Å². The zero-order valence-corrected chi connectivity index (χ0v) is 16.6. The fraction of sp³-hybridized carbons (Fsp3) is 0.182. The Hall–Kier alpha value is -3.75. The van der Waals surface area contributed by atoms with Gasteiger partial charge in [-0.25, -0.2) is 9.97 Å². The monoisotopic (exact) mass is 428 g/mol. The van der Waals surface area contributed by atoms with Crippen molar-refractivity contribution < 1.29 is 22.8 Å². The predicted octanol–water partition coefficient (Wildman–Crippen LogP) is 4.34. The van der Waals surface area contributed by atoms with E-state index in [0.717, 1.165) is 17.7 Å². The van der Waals surface area contributed by atoms with E-state index in [1.165, 1.54) is 36.6 Å². The van der Waals surface area contributed by atoms with Gasteiger partial charge >= 0.3 is 6.18 Å². The van der Waals surface area contributed by atoms with Gasteiger partial charge in [0.1, 0.15) is 12.1 Å². The maximum Gasteiger partial charge on any atom is 0.416 e. The van der Waals surface area contributed by atoms with E-state index >= 15 is 0 Å². The maximum atomic E-state index is 12.9. The lowest BCUT2D eigenvalue weighted by molar-refractivity contribution is -0.137. The molecule has 1 heterocycles. The molecule has 0 fully saturated rings. The van der Waals surface area contributed by atoms with E-state index in [4.69, 9.17) is 0 Å². The number of hydrogen-bond donors (Lipinski definition) is 1. The summed E-state index contributed by atoms with van der Waals surface area (Å²) >= 11 is 0. The molecule has 0 atom stereocenters. The van der Waals surface area contributed by atoms with Crippen LogP contribution in [0.25, 0.3) is 0 Å². The first-order valence-electron chi connectivity index (χ1n) is 9.34. The predicted molar refractivity (Wildman–Crippen MR) is 110 cm³/mol. The lowest BCUT2D eigenvalue weighted by atomic mass is 10.1. The number of nitrogens with one attached hydrogen (secondary N) is 1. The molecule has 9 heteroatoms. The Labute approximate surface area is 176 Å². The SMILES string of the molecule is CN(C(=O)c1cccc(C(F)(F)F)c1)c1cccc(CCC(=O)Nc2ccncn2)c1. The van der Waals surface area contributed by atoms with Gasteiger partial charge in [-0.3, -0.25) is 9.59 Å². The molecule has 1 N–H and O–H groups in total. The fourth-order valence-corrected chi connectivity index (χ4v) is 2.89. The van der Waals surface area contributed by atoms with Gasteiger partial charge in [0.05, 0.1) is 5.56 Å². The molecule has 0 aliphatic heterocycles. The van der Waals surface area contributed by atoms with Crippen molar-refractivity contribution in [2.24, 2.45) is 0 Å². The summed E-state index contributed by atoms with van der Waals surface area (Å²) in [6.45, 7) is 0. The summed E-state index contributed by atoms with van der Waals surface area (Å²) < 4.78 is 38.8. The topological polar surface area (TPSA) is 75.2 Å². The summed E-state index contributed by atoms with van der Waals surface area (Å²) in [4.78, 5) is 33.7. The highest BCUT2D eigenvalue weighted by Gasteiger charge is 2.31. The minimum Gasteiger partial charge on any atom is -0.311 e. The minimum absolute atomic E-state index is 0.0630. The molecule has 0 saturated heterocycles. The second-order valence-electron chi connectivity index (χ2n) is 6.76. The van der Waals surface area contributed by atoms with Gasteiger partial charge in [0, 0.05) is 30.9 Å². The van der Waals surface area contributed by atoms with Gasteiger partial charge in [-0.15, -0.1) is 0 Å². The Kier molecular flexibility index (Phi) is 6.64. The van der Waals surface area contributed by atoms with Crippen LogP contribution in [0.5, 0.6) is 0 Å². The van der Waals surface area contributed by atoms with Crippen LogP contribution in [-0.4, -0.2) is 28.8 Å². The molecule has 31 heavy (non-hydrogen) atoms. The summed E-state index contributed by atoms with van der Waals surface area (Å²) in [6.07, 6.45) is -1.07. The van der Waals surface area contributed by atoms with E-state index in [9.17, 15) is 22.8 Å². The van der Waals surface area contributed by atoms with Crippen LogP contribution in [0.1, 0.15) is 27.9 Å². The number of anilines is 2. The fourth-order valence-electron chi connectivity index (χ4n) is 2.89. The van der Waals surface area contributed by atoms with E-state index < -0.39 is 17.6 Å². The molecule has 0 bridgehead atoms. The second kappa shape index (κ2) is 9.38. The average Bonchev–Trinajstić information content (AvgIpc) is 2.77. The summed E-state index contributed by atoms with van der Waals surface area (Å²) in [7, 11) is 1.49. The van der Waals surface area contributed by atoms with Crippen LogP contribution in [0.2, 0.25) is 0 Å². The first-order valence-corrected chi connectivity index (χ1v) is 9.34. The van der Waals surface area contributed by atoms with Crippen LogP contribution in [0.3, 0.4) is 0 Å². The third-order valence-corrected chi connectivity index (χ3v) is 4.53. The van der Waals surface area contributed by atoms with Crippen molar-refractivity contribution in [3.05, 3.63) is 83.8 Å². The Morgan fingerprint density at radius 1 is 1.06 bits per heavy atom. The van der Waals surface area contributed by atoms with Crippen molar-refractivity contribution in [3.63, 3.8) is 0 Å². The van der Waals surface area contributed by atoms with Crippen molar-refractivity contribution in [1.82, 2.24) is 9.97 Å². The Bertz CT molecular complexity index is 1070. The van der Waals surface area contributed by atoms with Gasteiger partial charge in [0.25, 0.3) is 5.91 Å². The Morgan fingerprint density at radius 2 is 1.84 bits per heavy atom. The van der Waals surface area contributed by atoms with Crippen LogP contribution >= 0.6 is 0 Å². The van der Waals surface area contributed by atoms with Gasteiger partial charge in [-0.2, -0.15) is 13.2 Å². The molecule has 2 aromatic carbocycles. The van der Waals surface area contributed by atoms with Crippen LogP contribution in [0, 0.1) is 0 Å². The number of amides is 2. The molecule has 2 amide bonds. The number of rotatable bonds is 6. The average molecular weight is 428 g/mol. The largest absolute Gasteiger partial charge is 0.416 e. The van der Waals surface area contributed by atoms with Crippen molar-refractivity contribution in [3.8, 4) is 0 Å². The number of carbonyl (C=O) groups is 2. The highest BCUT2D eigenvalue weighted by molar-refractivity contribution is 6.05. The Morgan fingerprint density at radius 3 is 2.55 bits per heavy atom. The molecule has 0 spiro atoms. The number of aromatic nitrogens is 2. The molecule has 160 valence electrons. The second-order valence-corrected chi connectivity index (χ2v) is 6.76. The number of carbonyl (C=O) groups excluding carboxylic acids is 2. The smallest absolute Gasteiger partial charge is 0.311 e. The highest BCUT2D eigenvalue weighted by atomic mass is 19.4. The summed E-state index contributed by atoms with van der Waals surface area (Å²) in [5, 5.41) is 2.66. The third kappa shape index (κ3) is 5.88. The molecular formula is C22H19F3N4O2. The zero-order chi connectivity index (χ0) is 22.4. The Balaban J connectivity index is 1.66. The van der Waals surface area contributed by atoms with Gasteiger partial charge in [-0.1, -0.05) is 18.2 Å². The molecule has 0 unspecified atom stereocenters. The number of aryl methyl sites for hydroxylation is 1. The molecule has 0 aliphatic rings. The van der Waals surface area contributed by atoms with Crippen molar-refractivity contribution in [1.29, 1.82) is 0 Å². The lowest BCUT2D eigenvalue weighted by Gasteiger charge is -2.19. The van der Waals surface area contributed by atoms with E-state index in [-0.39, 0.29) is 17.9 Å². The maximum absolute atomic E-state index is 12.9. The van der Waals surface area contributed by atoms with Crippen molar-refractivity contribution in [2.45, 2.75) is 19.0 Å². The molecule has 0 radical (unpaired) electrons. The molecule has 1 aromatic heterocycles. The van der Waals surface area contributed by atoms with Crippen LogP contribution in [-0.2, 0) is 17.4 Å². The van der Waals surface area contributed by atoms with Gasteiger partial charge < -0.3 is 10.2 Å². The third-order valence-electron chi connectivity index (χ3n) is 4.53. The van der Waals surface area contributed by atoms with E-state index in [1.54, 1.807) is 24.3 Å². The zero-order valence-electron chi connectivity index (χ0n) is 16.6. The minimum atomic E-state index is -4.53. The molecular weight excluding hydrogens is 409 g/mol. The van der Waals surface area contributed by atoms with Gasteiger partial charge in [-0.05, 0) is 48.4 Å². The number of alkyl halides is 3. The van der Waals surface area contributed by atoms with Crippen LogP contribution in [0.15, 0.2) is 67.1 Å². The molecule has 0 aliphatic carbocycles. The first kappa shape index (κ1) is 21.9. The van der Waals surface area contributed by atoms with Crippen LogP contribution in [0.4, 0.5) is 24.7 Å². The summed E-state index contributed by atoms with van der Waals surface area (Å²) in [5.74, 6) is -0.387.